The summed E-state index contributed by atoms with van der Waals surface area (Å²) >= 11 is 5.68. The number of fused-ring (bicyclic) bond motifs is 1. The summed E-state index contributed by atoms with van der Waals surface area (Å²) in [6.07, 6.45) is 7.16. The van der Waals surface area contributed by atoms with Gasteiger partial charge in [-0.2, -0.15) is 0 Å². The van der Waals surface area contributed by atoms with Crippen molar-refractivity contribution in [3.05, 3.63) is 35.9 Å². The van der Waals surface area contributed by atoms with Gasteiger partial charge in [0, 0.05) is 5.88 Å². The fraction of sp³-hybridized carbons (Fsp3) is 0.524. The van der Waals surface area contributed by atoms with Gasteiger partial charge in [-0.25, -0.2) is 0 Å². The van der Waals surface area contributed by atoms with Crippen LogP contribution in [-0.2, 0) is 0 Å². The molecule has 132 valence electrons. The molecule has 0 aliphatic rings. The highest BCUT2D eigenvalue weighted by molar-refractivity contribution is 6.17. The maximum absolute atomic E-state index is 5.99. The molecule has 0 fully saturated rings. The molecule has 0 bridgehead atoms. The highest BCUT2D eigenvalue weighted by atomic mass is 35.5. The number of halogens is 1. The molecule has 0 aliphatic heterocycles. The molecule has 2 aromatic carbocycles. The molecule has 2 rings (SSSR count). The molecule has 0 heterocycles. The van der Waals surface area contributed by atoms with Gasteiger partial charge < -0.3 is 9.47 Å². The molecule has 0 aromatic heterocycles. The van der Waals surface area contributed by atoms with E-state index in [0.717, 1.165) is 30.9 Å². The molecule has 0 N–H and O–H groups in total. The lowest BCUT2D eigenvalue weighted by molar-refractivity contribution is 0.303. The molecule has 24 heavy (non-hydrogen) atoms. The third-order valence-corrected chi connectivity index (χ3v) is 4.53. The molecule has 0 spiro atoms. The van der Waals surface area contributed by atoms with Crippen molar-refractivity contribution in [2.45, 2.75) is 52.4 Å². The molecule has 0 atom stereocenters. The Morgan fingerprint density at radius 2 is 1.67 bits per heavy atom. The van der Waals surface area contributed by atoms with Crippen molar-refractivity contribution in [3.63, 3.8) is 0 Å². The molecule has 0 unspecified atom stereocenters. The lowest BCUT2D eigenvalue weighted by atomic mass is 10.0. The Morgan fingerprint density at radius 3 is 2.46 bits per heavy atom. The second-order valence-corrected chi connectivity index (χ2v) is 6.60. The minimum Gasteiger partial charge on any atom is -0.494 e. The van der Waals surface area contributed by atoms with E-state index in [9.17, 15) is 0 Å². The Morgan fingerprint density at radius 1 is 0.875 bits per heavy atom. The van der Waals surface area contributed by atoms with Crippen LogP contribution in [0.1, 0.15) is 51.0 Å². The number of aryl methyl sites for hydroxylation is 1. The molecular weight excluding hydrogens is 320 g/mol. The van der Waals surface area contributed by atoms with Gasteiger partial charge in [0.2, 0.25) is 0 Å². The van der Waals surface area contributed by atoms with E-state index < -0.39 is 0 Å². The van der Waals surface area contributed by atoms with Gasteiger partial charge in [-0.15, -0.1) is 11.6 Å². The second kappa shape index (κ2) is 10.5. The highest BCUT2D eigenvalue weighted by Gasteiger charge is 2.06. The predicted molar refractivity (Wildman–Crippen MR) is 104 cm³/mol. The van der Waals surface area contributed by atoms with Gasteiger partial charge in [0.05, 0.1) is 13.2 Å². The summed E-state index contributed by atoms with van der Waals surface area (Å²) in [5.74, 6) is 2.52. The van der Waals surface area contributed by atoms with Crippen molar-refractivity contribution >= 4 is 22.4 Å². The molecule has 0 radical (unpaired) electrons. The Kier molecular flexibility index (Phi) is 8.24. The number of hydrogen-bond acceptors (Lipinski definition) is 2. The summed E-state index contributed by atoms with van der Waals surface area (Å²) in [4.78, 5) is 0. The van der Waals surface area contributed by atoms with E-state index >= 15 is 0 Å². The van der Waals surface area contributed by atoms with Gasteiger partial charge in [0.1, 0.15) is 11.5 Å². The lowest BCUT2D eigenvalue weighted by Gasteiger charge is -2.13. The van der Waals surface area contributed by atoms with Gasteiger partial charge in [-0.1, -0.05) is 44.7 Å². The lowest BCUT2D eigenvalue weighted by Crippen LogP contribution is -2.00. The molecule has 0 saturated carbocycles. The summed E-state index contributed by atoms with van der Waals surface area (Å²) in [5.41, 5.74) is 1.20. The second-order valence-electron chi connectivity index (χ2n) is 6.23. The van der Waals surface area contributed by atoms with Crippen LogP contribution in [0.2, 0.25) is 0 Å². The standard InChI is InChI=1S/C21H29ClO2/c1-3-4-5-6-7-14-24-21-12-9-18-16-19(23-15-8-13-22)10-11-20(18)17(21)2/h9-12,16H,3-8,13-15H2,1-2H3. The largest absolute Gasteiger partial charge is 0.494 e. The predicted octanol–water partition coefficient (Wildman–Crippen LogP) is 6.51. The van der Waals surface area contributed by atoms with Gasteiger partial charge in [-0.3, -0.25) is 0 Å². The number of ether oxygens (including phenoxy) is 2. The van der Waals surface area contributed by atoms with Gasteiger partial charge in [0.15, 0.2) is 0 Å². The van der Waals surface area contributed by atoms with Crippen LogP contribution in [0.4, 0.5) is 0 Å². The molecule has 0 saturated heterocycles. The van der Waals surface area contributed by atoms with Crippen molar-refractivity contribution in [2.24, 2.45) is 0 Å². The Hall–Kier alpha value is -1.41. The first-order valence-electron chi connectivity index (χ1n) is 9.11. The summed E-state index contributed by atoms with van der Waals surface area (Å²) in [6, 6.07) is 10.4. The van der Waals surface area contributed by atoms with Gasteiger partial charge in [0.25, 0.3) is 0 Å². The van der Waals surface area contributed by atoms with E-state index in [-0.39, 0.29) is 0 Å². The maximum atomic E-state index is 5.99. The first-order valence-corrected chi connectivity index (χ1v) is 9.64. The smallest absolute Gasteiger partial charge is 0.122 e. The van der Waals surface area contributed by atoms with Crippen LogP contribution in [-0.4, -0.2) is 19.1 Å². The van der Waals surface area contributed by atoms with E-state index in [2.05, 4.69) is 38.1 Å². The monoisotopic (exact) mass is 348 g/mol. The summed E-state index contributed by atoms with van der Waals surface area (Å²) < 4.78 is 11.7. The Labute approximate surface area is 151 Å². The van der Waals surface area contributed by atoms with Gasteiger partial charge >= 0.3 is 0 Å². The zero-order valence-corrected chi connectivity index (χ0v) is 15.7. The average molecular weight is 349 g/mol. The first-order chi connectivity index (χ1) is 11.8. The van der Waals surface area contributed by atoms with E-state index in [0.29, 0.717) is 12.5 Å². The number of benzene rings is 2. The van der Waals surface area contributed by atoms with Crippen molar-refractivity contribution in [1.82, 2.24) is 0 Å². The first kappa shape index (κ1) is 18.9. The summed E-state index contributed by atoms with van der Waals surface area (Å²) in [7, 11) is 0. The van der Waals surface area contributed by atoms with Crippen LogP contribution < -0.4 is 9.47 Å². The van der Waals surface area contributed by atoms with Crippen molar-refractivity contribution in [1.29, 1.82) is 0 Å². The molecule has 0 aliphatic carbocycles. The third-order valence-electron chi connectivity index (χ3n) is 4.26. The third kappa shape index (κ3) is 5.59. The minimum atomic E-state index is 0.631. The van der Waals surface area contributed by atoms with Crippen LogP contribution in [0.15, 0.2) is 30.3 Å². The van der Waals surface area contributed by atoms with E-state index in [4.69, 9.17) is 21.1 Å². The quantitative estimate of drug-likeness (QED) is 0.340. The Balaban J connectivity index is 1.95. The van der Waals surface area contributed by atoms with Gasteiger partial charge in [-0.05, 0) is 54.3 Å². The molecular formula is C21H29ClO2. The van der Waals surface area contributed by atoms with Crippen LogP contribution in [0.25, 0.3) is 10.8 Å². The minimum absolute atomic E-state index is 0.631. The van der Waals surface area contributed by atoms with E-state index in [1.807, 2.05) is 6.07 Å². The number of hydrogen-bond donors (Lipinski definition) is 0. The van der Waals surface area contributed by atoms with Crippen LogP contribution in [0.5, 0.6) is 11.5 Å². The SMILES string of the molecule is CCCCCCCOc1ccc2cc(OCCCCl)ccc2c1C. The van der Waals surface area contributed by atoms with E-state index in [1.165, 1.54) is 42.0 Å². The zero-order valence-electron chi connectivity index (χ0n) is 14.9. The zero-order chi connectivity index (χ0) is 17.2. The number of rotatable bonds is 11. The molecule has 3 heteroatoms. The highest BCUT2D eigenvalue weighted by Crippen LogP contribution is 2.30. The topological polar surface area (TPSA) is 18.5 Å². The van der Waals surface area contributed by atoms with E-state index in [1.54, 1.807) is 0 Å². The van der Waals surface area contributed by atoms with Crippen molar-refractivity contribution in [2.75, 3.05) is 19.1 Å². The summed E-state index contributed by atoms with van der Waals surface area (Å²) in [6.45, 7) is 5.83. The maximum Gasteiger partial charge on any atom is 0.122 e. The molecule has 0 amide bonds. The molecule has 2 nitrogen and oxygen atoms in total. The van der Waals surface area contributed by atoms with Crippen LogP contribution in [0, 0.1) is 6.92 Å². The fourth-order valence-electron chi connectivity index (χ4n) is 2.82. The molecule has 2 aromatic rings. The normalized spacial score (nSPS) is 11.0. The van der Waals surface area contributed by atoms with Crippen molar-refractivity contribution < 1.29 is 9.47 Å². The number of unbranched alkanes of at least 4 members (excludes halogenated alkanes) is 4. The Bertz CT molecular complexity index is 625. The summed E-state index contributed by atoms with van der Waals surface area (Å²) in [5, 5.41) is 2.41. The van der Waals surface area contributed by atoms with Crippen LogP contribution in [0.3, 0.4) is 0 Å². The number of alkyl halides is 1. The van der Waals surface area contributed by atoms with Crippen molar-refractivity contribution in [3.8, 4) is 11.5 Å². The fourth-order valence-corrected chi connectivity index (χ4v) is 2.93. The average Bonchev–Trinajstić information content (AvgIpc) is 2.60. The van der Waals surface area contributed by atoms with Crippen LogP contribution >= 0.6 is 11.6 Å².